The Labute approximate surface area is 234 Å². The van der Waals surface area contributed by atoms with Crippen LogP contribution in [0.3, 0.4) is 0 Å². The average Bonchev–Trinajstić information content (AvgIpc) is 2.92. The van der Waals surface area contributed by atoms with Crippen LogP contribution in [0.25, 0.3) is 10.9 Å². The molecule has 0 aliphatic carbocycles. The Morgan fingerprint density at radius 1 is 1.05 bits per heavy atom. The molecule has 0 unspecified atom stereocenters. The number of esters is 1. The predicted molar refractivity (Wildman–Crippen MR) is 148 cm³/mol. The van der Waals surface area contributed by atoms with Gasteiger partial charge in [0.1, 0.15) is 36.6 Å². The van der Waals surface area contributed by atoms with Gasteiger partial charge in [0.2, 0.25) is 11.8 Å². The average molecular weight is 554 g/mol. The van der Waals surface area contributed by atoms with Crippen molar-refractivity contribution in [3.8, 4) is 5.75 Å². The van der Waals surface area contributed by atoms with Gasteiger partial charge in [0.15, 0.2) is 0 Å². The number of amides is 3. The molecule has 11 nitrogen and oxygen atoms in total. The van der Waals surface area contributed by atoms with E-state index in [1.54, 1.807) is 39.8 Å². The van der Waals surface area contributed by atoms with Crippen molar-refractivity contribution in [1.82, 2.24) is 26.1 Å². The summed E-state index contributed by atoms with van der Waals surface area (Å²) in [6.45, 7) is 10.9. The monoisotopic (exact) mass is 553 g/mol. The van der Waals surface area contributed by atoms with Crippen molar-refractivity contribution < 1.29 is 28.7 Å². The molecule has 1 saturated heterocycles. The van der Waals surface area contributed by atoms with Gasteiger partial charge in [-0.3, -0.25) is 24.2 Å². The van der Waals surface area contributed by atoms with Crippen molar-refractivity contribution >= 4 is 34.6 Å². The van der Waals surface area contributed by atoms with Crippen molar-refractivity contribution in [2.24, 2.45) is 11.3 Å². The van der Waals surface area contributed by atoms with Crippen molar-refractivity contribution in [1.29, 1.82) is 0 Å². The van der Waals surface area contributed by atoms with Gasteiger partial charge in [-0.05, 0) is 64.7 Å². The molecule has 216 valence electrons. The highest BCUT2D eigenvalue weighted by atomic mass is 16.5. The zero-order valence-electron chi connectivity index (χ0n) is 23.9. The minimum absolute atomic E-state index is 0.0569. The van der Waals surface area contributed by atoms with Gasteiger partial charge in [0, 0.05) is 18.0 Å². The number of benzene rings is 1. The highest BCUT2D eigenvalue weighted by Crippen LogP contribution is 2.26. The van der Waals surface area contributed by atoms with Crippen molar-refractivity contribution in [3.05, 3.63) is 36.0 Å². The molecule has 0 spiro atoms. The third-order valence-corrected chi connectivity index (χ3v) is 7.31. The molecule has 1 fully saturated rings. The number of rotatable bonds is 1. The Balaban J connectivity index is 1.66. The molecule has 4 atom stereocenters. The van der Waals surface area contributed by atoms with E-state index in [1.807, 2.05) is 32.0 Å². The van der Waals surface area contributed by atoms with E-state index in [0.717, 1.165) is 5.39 Å². The first-order valence-corrected chi connectivity index (χ1v) is 13.8. The lowest BCUT2D eigenvalue weighted by atomic mass is 9.92. The SMILES string of the molecule is CC(C)[C@@H]1NC(=O)C(C)(C)COc2ccc3ccc(nc3c2)[C@@H](C)OC(=O)[C@H]2CCCN(N2)C(=O)[C@H](C)NC1=O. The molecule has 0 saturated carbocycles. The van der Waals surface area contributed by atoms with Crippen LogP contribution in [0.4, 0.5) is 0 Å². The zero-order chi connectivity index (χ0) is 29.2. The van der Waals surface area contributed by atoms with Crippen LogP contribution in [0.5, 0.6) is 5.75 Å². The summed E-state index contributed by atoms with van der Waals surface area (Å²) >= 11 is 0. The maximum atomic E-state index is 13.3. The highest BCUT2D eigenvalue weighted by Gasteiger charge is 2.36. The van der Waals surface area contributed by atoms with Crippen LogP contribution in [0.15, 0.2) is 30.3 Å². The number of nitrogens with one attached hydrogen (secondary N) is 3. The maximum Gasteiger partial charge on any atom is 0.325 e. The normalized spacial score (nSPS) is 26.6. The summed E-state index contributed by atoms with van der Waals surface area (Å²) < 4.78 is 11.7. The summed E-state index contributed by atoms with van der Waals surface area (Å²) in [6, 6.07) is 6.69. The molecule has 1 aromatic carbocycles. The molecule has 2 aliphatic rings. The molecular formula is C29H39N5O6. The number of ether oxygens (including phenoxy) is 2. The minimum Gasteiger partial charge on any atom is -0.492 e. The fraction of sp³-hybridized carbons (Fsp3) is 0.552. The van der Waals surface area contributed by atoms with E-state index in [2.05, 4.69) is 21.0 Å². The Hall–Kier alpha value is -3.73. The van der Waals surface area contributed by atoms with E-state index >= 15 is 0 Å². The summed E-state index contributed by atoms with van der Waals surface area (Å²) in [6.07, 6.45) is 0.459. The Morgan fingerprint density at radius 2 is 1.77 bits per heavy atom. The van der Waals surface area contributed by atoms with Gasteiger partial charge in [-0.25, -0.2) is 10.4 Å². The Kier molecular flexibility index (Phi) is 8.62. The molecule has 40 heavy (non-hydrogen) atoms. The topological polar surface area (TPSA) is 139 Å². The Morgan fingerprint density at radius 3 is 2.50 bits per heavy atom. The van der Waals surface area contributed by atoms with Crippen molar-refractivity contribution in [2.45, 2.75) is 78.6 Å². The van der Waals surface area contributed by atoms with Crippen LogP contribution < -0.4 is 20.8 Å². The first-order chi connectivity index (χ1) is 18.9. The smallest absolute Gasteiger partial charge is 0.325 e. The van der Waals surface area contributed by atoms with Crippen molar-refractivity contribution in [2.75, 3.05) is 13.2 Å². The van der Waals surface area contributed by atoms with Crippen molar-refractivity contribution in [3.63, 3.8) is 0 Å². The van der Waals surface area contributed by atoms with Crippen LogP contribution in [0.1, 0.15) is 66.2 Å². The second-order valence-electron chi connectivity index (χ2n) is 11.6. The van der Waals surface area contributed by atoms with Gasteiger partial charge < -0.3 is 20.1 Å². The molecule has 3 amide bonds. The number of hydrogen-bond acceptors (Lipinski definition) is 8. The van der Waals surface area contributed by atoms with Gasteiger partial charge >= 0.3 is 5.97 Å². The molecule has 2 aliphatic heterocycles. The number of aromatic nitrogens is 1. The number of hydrazine groups is 1. The van der Waals surface area contributed by atoms with Gasteiger partial charge in [-0.15, -0.1) is 0 Å². The van der Waals surface area contributed by atoms with E-state index in [4.69, 9.17) is 9.47 Å². The lowest BCUT2D eigenvalue weighted by molar-refractivity contribution is -0.157. The molecule has 3 N–H and O–H groups in total. The lowest BCUT2D eigenvalue weighted by Gasteiger charge is -2.35. The fourth-order valence-electron chi connectivity index (χ4n) is 4.66. The predicted octanol–water partition coefficient (Wildman–Crippen LogP) is 2.40. The standard InChI is InChI=1S/C29H39N5O6/c1-16(2)24-25(35)30-17(3)26(36)34-13-7-8-22(33-34)27(37)40-18(4)21-12-10-19-9-11-20(14-23(19)31-21)39-15-29(5,6)28(38)32-24/h9-12,14,16-18,22,24,33H,7-8,13,15H2,1-6H3,(H,30,35)(H,32,38)/t17-,18+,22+,24-/m0/s1. The molecule has 5 bridgehead atoms. The van der Waals surface area contributed by atoms with Gasteiger partial charge in [0.25, 0.3) is 5.91 Å². The number of hydrogen-bond donors (Lipinski definition) is 3. The number of pyridine rings is 1. The fourth-order valence-corrected chi connectivity index (χ4v) is 4.66. The van der Waals surface area contributed by atoms with Crippen LogP contribution in [-0.2, 0) is 23.9 Å². The number of nitrogens with zero attached hydrogens (tertiary/aromatic N) is 2. The van der Waals surface area contributed by atoms with Gasteiger partial charge in [-0.1, -0.05) is 19.9 Å². The second-order valence-corrected chi connectivity index (χ2v) is 11.6. The summed E-state index contributed by atoms with van der Waals surface area (Å²) in [5.74, 6) is -1.40. The molecule has 3 heterocycles. The molecule has 1 aromatic heterocycles. The molecule has 2 aromatic rings. The lowest BCUT2D eigenvalue weighted by Crippen LogP contribution is -2.61. The number of cyclic esters (lactones) is 1. The minimum atomic E-state index is -0.965. The number of carbonyl (C=O) groups excluding carboxylic acids is 4. The first kappa shape index (κ1) is 29.3. The molecule has 4 rings (SSSR count). The molecule has 11 heteroatoms. The van der Waals surface area contributed by atoms with E-state index in [-0.39, 0.29) is 18.4 Å². The largest absolute Gasteiger partial charge is 0.492 e. The van der Waals surface area contributed by atoms with Crippen LogP contribution in [0.2, 0.25) is 0 Å². The summed E-state index contributed by atoms with van der Waals surface area (Å²) in [5.41, 5.74) is 3.23. The van der Waals surface area contributed by atoms with E-state index in [9.17, 15) is 19.2 Å². The number of carbonyl (C=O) groups is 4. The Bertz CT molecular complexity index is 1290. The molecular weight excluding hydrogens is 514 g/mol. The van der Waals surface area contributed by atoms with Crippen LogP contribution in [-0.4, -0.2) is 65.0 Å². The van der Waals surface area contributed by atoms with Gasteiger partial charge in [-0.2, -0.15) is 0 Å². The zero-order valence-corrected chi connectivity index (χ0v) is 23.9. The number of fused-ring (bicyclic) bond motifs is 4. The first-order valence-electron chi connectivity index (χ1n) is 13.8. The van der Waals surface area contributed by atoms with E-state index in [0.29, 0.717) is 36.3 Å². The molecule has 0 radical (unpaired) electrons. The van der Waals surface area contributed by atoms with E-state index in [1.165, 1.54) is 5.01 Å². The van der Waals surface area contributed by atoms with Gasteiger partial charge in [0.05, 0.1) is 16.6 Å². The quantitative estimate of drug-likeness (QED) is 0.458. The third kappa shape index (κ3) is 6.52. The summed E-state index contributed by atoms with van der Waals surface area (Å²) in [7, 11) is 0. The van der Waals surface area contributed by atoms with Crippen LogP contribution >= 0.6 is 0 Å². The van der Waals surface area contributed by atoms with E-state index < -0.39 is 47.4 Å². The second kappa shape index (κ2) is 11.8. The maximum absolute atomic E-state index is 13.3. The van der Waals surface area contributed by atoms with Crippen LogP contribution in [0, 0.1) is 11.3 Å². The third-order valence-electron chi connectivity index (χ3n) is 7.31. The summed E-state index contributed by atoms with van der Waals surface area (Å²) in [5, 5.41) is 7.81. The summed E-state index contributed by atoms with van der Waals surface area (Å²) in [4.78, 5) is 57.4. The highest BCUT2D eigenvalue weighted by molar-refractivity contribution is 5.93.